The summed E-state index contributed by atoms with van der Waals surface area (Å²) < 4.78 is 22.8. The lowest BCUT2D eigenvalue weighted by molar-refractivity contribution is -0.0817. The zero-order valence-electron chi connectivity index (χ0n) is 23.9. The number of ether oxygens (including phenoxy) is 4. The fourth-order valence-corrected chi connectivity index (χ4v) is 3.94. The number of rotatable bonds is 17. The summed E-state index contributed by atoms with van der Waals surface area (Å²) in [4.78, 5) is 0. The highest BCUT2D eigenvalue weighted by atomic mass is 16.5. The molecule has 0 aliphatic carbocycles. The minimum Gasteiger partial charge on any atom is -0.497 e. The second-order valence-corrected chi connectivity index (χ2v) is 10.9. The van der Waals surface area contributed by atoms with Crippen LogP contribution in [0, 0.1) is 0 Å². The zero-order valence-corrected chi connectivity index (χ0v) is 23.9. The summed E-state index contributed by atoms with van der Waals surface area (Å²) in [6.07, 6.45) is 2.16. The molecule has 0 fully saturated rings. The highest BCUT2D eigenvalue weighted by molar-refractivity contribution is 5.41. The van der Waals surface area contributed by atoms with Gasteiger partial charge in [-0.15, -0.1) is 0 Å². The molecule has 3 unspecified atom stereocenters. The quantitative estimate of drug-likeness (QED) is 0.255. The normalized spacial score (nSPS) is 16.0. The maximum absolute atomic E-state index is 10.3. The van der Waals surface area contributed by atoms with E-state index in [0.717, 1.165) is 18.6 Å². The second kappa shape index (κ2) is 14.1. The molecule has 37 heavy (non-hydrogen) atoms. The Kier molecular flexibility index (Phi) is 11.9. The van der Waals surface area contributed by atoms with Gasteiger partial charge in [0.05, 0.1) is 31.5 Å². The van der Waals surface area contributed by atoms with Gasteiger partial charge in [-0.05, 0) is 74.9 Å². The number of aliphatic hydroxyl groups is 2. The third-order valence-electron chi connectivity index (χ3n) is 7.52. The van der Waals surface area contributed by atoms with Crippen molar-refractivity contribution in [3.8, 4) is 11.5 Å². The van der Waals surface area contributed by atoms with Gasteiger partial charge in [0.2, 0.25) is 0 Å². The van der Waals surface area contributed by atoms with E-state index < -0.39 is 11.7 Å². The first kappa shape index (κ1) is 31.1. The van der Waals surface area contributed by atoms with Crippen LogP contribution in [0.25, 0.3) is 0 Å². The van der Waals surface area contributed by atoms with Gasteiger partial charge in [0.15, 0.2) is 0 Å². The molecule has 3 atom stereocenters. The van der Waals surface area contributed by atoms with Gasteiger partial charge in [-0.2, -0.15) is 0 Å². The monoisotopic (exact) mass is 516 g/mol. The molecule has 6 heteroatoms. The van der Waals surface area contributed by atoms with Crippen molar-refractivity contribution in [1.82, 2.24) is 0 Å². The maximum atomic E-state index is 10.3. The Hall–Kier alpha value is -2.12. The summed E-state index contributed by atoms with van der Waals surface area (Å²) in [7, 11) is 1.67. The molecule has 0 amide bonds. The van der Waals surface area contributed by atoms with Gasteiger partial charge < -0.3 is 29.2 Å². The first-order valence-corrected chi connectivity index (χ1v) is 13.4. The molecule has 6 nitrogen and oxygen atoms in total. The highest BCUT2D eigenvalue weighted by Crippen LogP contribution is 2.33. The molecule has 0 aliphatic rings. The van der Waals surface area contributed by atoms with Crippen LogP contribution in [0.3, 0.4) is 0 Å². The molecular weight excluding hydrogens is 468 g/mol. The number of aliphatic hydroxyl groups excluding tert-OH is 1. The number of benzene rings is 2. The standard InChI is InChI=1S/C31H48O6/c1-8-30(5,33)18-21-37-31(6,9-2)19-20-35-22-26(32)23-36-28-16-12-25(13-17-28)29(3,4)24-10-14-27(34-7)15-11-24/h10-17,26,32-33H,8-9,18-23H2,1-7H3. The SMILES string of the molecule is CCC(C)(O)CCOC(C)(CC)CCOCC(O)COc1ccc(C(C)(C)c2ccc(OC)cc2)cc1. The topological polar surface area (TPSA) is 77.4 Å². The fraction of sp³-hybridized carbons (Fsp3) is 0.613. The van der Waals surface area contributed by atoms with E-state index in [4.69, 9.17) is 18.9 Å². The minimum absolute atomic E-state index is 0.162. The molecule has 2 rings (SSSR count). The molecule has 0 radical (unpaired) electrons. The van der Waals surface area contributed by atoms with Gasteiger partial charge in [0.25, 0.3) is 0 Å². The van der Waals surface area contributed by atoms with Crippen LogP contribution in [-0.2, 0) is 14.9 Å². The number of hydrogen-bond acceptors (Lipinski definition) is 6. The molecule has 208 valence electrons. The van der Waals surface area contributed by atoms with Gasteiger partial charge in [-0.1, -0.05) is 52.0 Å². The molecule has 0 saturated carbocycles. The van der Waals surface area contributed by atoms with E-state index in [9.17, 15) is 10.2 Å². The first-order chi connectivity index (χ1) is 17.4. The van der Waals surface area contributed by atoms with Crippen LogP contribution in [0.1, 0.15) is 78.4 Å². The second-order valence-electron chi connectivity index (χ2n) is 10.9. The van der Waals surface area contributed by atoms with Crippen LogP contribution in [-0.4, -0.2) is 61.1 Å². The smallest absolute Gasteiger partial charge is 0.119 e. The fourth-order valence-electron chi connectivity index (χ4n) is 3.94. The van der Waals surface area contributed by atoms with E-state index in [1.54, 1.807) is 7.11 Å². The Bertz CT molecular complexity index is 906. The summed E-state index contributed by atoms with van der Waals surface area (Å²) >= 11 is 0. The molecule has 0 aromatic heterocycles. The van der Waals surface area contributed by atoms with E-state index in [-0.39, 0.29) is 24.2 Å². The van der Waals surface area contributed by atoms with Crippen LogP contribution in [0.15, 0.2) is 48.5 Å². The van der Waals surface area contributed by atoms with Crippen LogP contribution >= 0.6 is 0 Å². The van der Waals surface area contributed by atoms with Crippen LogP contribution in [0.5, 0.6) is 11.5 Å². The van der Waals surface area contributed by atoms with Gasteiger partial charge in [0.1, 0.15) is 24.2 Å². The Balaban J connectivity index is 1.74. The minimum atomic E-state index is -0.719. The molecule has 0 bridgehead atoms. The summed E-state index contributed by atoms with van der Waals surface area (Å²) in [5.41, 5.74) is 1.21. The molecule has 0 spiro atoms. The lowest BCUT2D eigenvalue weighted by atomic mass is 9.78. The maximum Gasteiger partial charge on any atom is 0.119 e. The van der Waals surface area contributed by atoms with Crippen molar-refractivity contribution in [3.05, 3.63) is 59.7 Å². The number of hydrogen-bond donors (Lipinski definition) is 2. The molecule has 2 N–H and O–H groups in total. The van der Waals surface area contributed by atoms with Gasteiger partial charge in [-0.25, -0.2) is 0 Å². The Morgan fingerprint density at radius 1 is 0.757 bits per heavy atom. The molecule has 0 aliphatic heterocycles. The van der Waals surface area contributed by atoms with E-state index in [2.05, 4.69) is 52.0 Å². The van der Waals surface area contributed by atoms with Crippen molar-refractivity contribution >= 4 is 0 Å². The van der Waals surface area contributed by atoms with E-state index >= 15 is 0 Å². The Morgan fingerprint density at radius 2 is 1.32 bits per heavy atom. The molecule has 0 heterocycles. The predicted octanol–water partition coefficient (Wildman–Crippen LogP) is 5.90. The largest absolute Gasteiger partial charge is 0.497 e. The average molecular weight is 517 g/mol. The Morgan fingerprint density at radius 3 is 1.84 bits per heavy atom. The third kappa shape index (κ3) is 9.93. The third-order valence-corrected chi connectivity index (χ3v) is 7.52. The predicted molar refractivity (Wildman–Crippen MR) is 149 cm³/mol. The summed E-state index contributed by atoms with van der Waals surface area (Å²) in [6.45, 7) is 13.7. The first-order valence-electron chi connectivity index (χ1n) is 13.4. The molecular formula is C31H48O6. The average Bonchev–Trinajstić information content (AvgIpc) is 2.90. The van der Waals surface area contributed by atoms with Gasteiger partial charge >= 0.3 is 0 Å². The highest BCUT2D eigenvalue weighted by Gasteiger charge is 2.25. The number of methoxy groups -OCH3 is 1. The van der Waals surface area contributed by atoms with Crippen molar-refractivity contribution in [2.75, 3.05) is 33.5 Å². The molecule has 2 aromatic rings. The van der Waals surface area contributed by atoms with Gasteiger partial charge in [-0.3, -0.25) is 0 Å². The van der Waals surface area contributed by atoms with E-state index in [0.29, 0.717) is 31.8 Å². The molecule has 2 aromatic carbocycles. The van der Waals surface area contributed by atoms with Crippen LogP contribution in [0.2, 0.25) is 0 Å². The van der Waals surface area contributed by atoms with Crippen molar-refractivity contribution in [1.29, 1.82) is 0 Å². The summed E-state index contributed by atoms with van der Waals surface area (Å²) in [5.74, 6) is 1.56. The van der Waals surface area contributed by atoms with Crippen molar-refractivity contribution in [3.63, 3.8) is 0 Å². The summed E-state index contributed by atoms with van der Waals surface area (Å²) in [6, 6.07) is 16.1. The van der Waals surface area contributed by atoms with E-state index in [1.807, 2.05) is 38.1 Å². The van der Waals surface area contributed by atoms with Crippen molar-refractivity contribution < 1.29 is 29.2 Å². The van der Waals surface area contributed by atoms with Crippen LogP contribution in [0.4, 0.5) is 0 Å². The lowest BCUT2D eigenvalue weighted by Crippen LogP contribution is -2.33. The van der Waals surface area contributed by atoms with Crippen LogP contribution < -0.4 is 9.47 Å². The Labute approximate surface area is 223 Å². The summed E-state index contributed by atoms with van der Waals surface area (Å²) in [5, 5.41) is 20.5. The van der Waals surface area contributed by atoms with Crippen molar-refractivity contribution in [2.45, 2.75) is 89.9 Å². The van der Waals surface area contributed by atoms with Gasteiger partial charge in [0, 0.05) is 12.0 Å². The molecule has 0 saturated heterocycles. The van der Waals surface area contributed by atoms with Crippen molar-refractivity contribution in [2.24, 2.45) is 0 Å². The zero-order chi connectivity index (χ0) is 27.5. The lowest BCUT2D eigenvalue weighted by Gasteiger charge is -2.31. The van der Waals surface area contributed by atoms with E-state index in [1.165, 1.54) is 11.1 Å².